The Bertz CT molecular complexity index is 213. The molecule has 0 amide bonds. The van der Waals surface area contributed by atoms with Crippen LogP contribution in [0.5, 0.6) is 0 Å². The highest BCUT2D eigenvalue weighted by molar-refractivity contribution is 9.09. The van der Waals surface area contributed by atoms with E-state index in [-0.39, 0.29) is 0 Å². The van der Waals surface area contributed by atoms with Gasteiger partial charge in [0, 0.05) is 10.2 Å². The number of aliphatic hydroxyl groups is 2. The molecule has 12 heavy (non-hydrogen) atoms. The Morgan fingerprint density at radius 2 is 2.25 bits per heavy atom. The highest BCUT2D eigenvalue weighted by atomic mass is 79.9. The Balaban J connectivity index is 2.53. The van der Waals surface area contributed by atoms with Gasteiger partial charge in [-0.25, -0.2) is 0 Å². The van der Waals surface area contributed by atoms with Crippen molar-refractivity contribution < 1.29 is 10.2 Å². The van der Waals surface area contributed by atoms with Gasteiger partial charge in [-0.2, -0.15) is 0 Å². The van der Waals surface area contributed by atoms with Crippen molar-refractivity contribution in [1.82, 2.24) is 0 Å². The van der Waals surface area contributed by atoms with Crippen LogP contribution in [-0.2, 0) is 0 Å². The van der Waals surface area contributed by atoms with E-state index in [4.69, 9.17) is 0 Å². The van der Waals surface area contributed by atoms with Gasteiger partial charge in [0.1, 0.15) is 6.10 Å². The maximum absolute atomic E-state index is 9.55. The van der Waals surface area contributed by atoms with E-state index in [2.05, 4.69) is 15.9 Å². The third-order valence-corrected chi connectivity index (χ3v) is 3.00. The zero-order valence-corrected chi connectivity index (χ0v) is 8.88. The predicted molar refractivity (Wildman–Crippen MR) is 53.7 cm³/mol. The molecular weight excluding hydrogens is 240 g/mol. The van der Waals surface area contributed by atoms with E-state index in [9.17, 15) is 10.2 Å². The second-order valence-electron chi connectivity index (χ2n) is 2.51. The van der Waals surface area contributed by atoms with E-state index in [1.807, 2.05) is 17.5 Å². The topological polar surface area (TPSA) is 40.5 Å². The van der Waals surface area contributed by atoms with Gasteiger partial charge in [0.2, 0.25) is 0 Å². The van der Waals surface area contributed by atoms with Crippen molar-refractivity contribution in [2.45, 2.75) is 18.6 Å². The lowest BCUT2D eigenvalue weighted by atomic mass is 10.1. The molecule has 0 saturated heterocycles. The fourth-order valence-electron chi connectivity index (χ4n) is 0.919. The van der Waals surface area contributed by atoms with Crippen LogP contribution in [0.25, 0.3) is 0 Å². The number of thiophene rings is 1. The number of hydrogen-bond donors (Lipinski definition) is 2. The SMILES string of the molecule is OC(CCBr)C(O)c1cccs1. The summed E-state index contributed by atoms with van der Waals surface area (Å²) in [5.74, 6) is 0. The van der Waals surface area contributed by atoms with Crippen molar-refractivity contribution >= 4 is 27.3 Å². The highest BCUT2D eigenvalue weighted by Gasteiger charge is 2.17. The minimum atomic E-state index is -0.734. The molecule has 0 aliphatic carbocycles. The molecule has 2 unspecified atom stereocenters. The largest absolute Gasteiger partial charge is 0.390 e. The summed E-state index contributed by atoms with van der Waals surface area (Å²) in [4.78, 5) is 0.823. The van der Waals surface area contributed by atoms with E-state index in [1.165, 1.54) is 11.3 Å². The van der Waals surface area contributed by atoms with Gasteiger partial charge in [-0.3, -0.25) is 0 Å². The molecule has 0 fully saturated rings. The molecule has 0 bridgehead atoms. The van der Waals surface area contributed by atoms with Crippen LogP contribution in [-0.4, -0.2) is 21.6 Å². The van der Waals surface area contributed by atoms with Crippen molar-refractivity contribution in [2.75, 3.05) is 5.33 Å². The van der Waals surface area contributed by atoms with Gasteiger partial charge in [0.25, 0.3) is 0 Å². The molecule has 1 aromatic rings. The Hall–Kier alpha value is 0.100. The Kier molecular flexibility index (Phi) is 4.21. The van der Waals surface area contributed by atoms with Crippen molar-refractivity contribution in [3.8, 4) is 0 Å². The average Bonchev–Trinajstić information content (AvgIpc) is 2.55. The molecule has 1 heterocycles. The molecule has 2 N–H and O–H groups in total. The van der Waals surface area contributed by atoms with E-state index in [0.29, 0.717) is 11.8 Å². The minimum absolute atomic E-state index is 0.569. The van der Waals surface area contributed by atoms with Crippen molar-refractivity contribution in [1.29, 1.82) is 0 Å². The first-order chi connectivity index (χ1) is 5.75. The number of rotatable bonds is 4. The second kappa shape index (κ2) is 4.97. The van der Waals surface area contributed by atoms with Gasteiger partial charge in [0.15, 0.2) is 0 Å². The minimum Gasteiger partial charge on any atom is -0.390 e. The molecule has 0 radical (unpaired) electrons. The van der Waals surface area contributed by atoms with Crippen LogP contribution in [0, 0.1) is 0 Å². The van der Waals surface area contributed by atoms with Gasteiger partial charge in [-0.05, 0) is 17.9 Å². The summed E-state index contributed by atoms with van der Waals surface area (Å²) in [7, 11) is 0. The fraction of sp³-hybridized carbons (Fsp3) is 0.500. The van der Waals surface area contributed by atoms with Crippen LogP contribution in [0.1, 0.15) is 17.4 Å². The van der Waals surface area contributed by atoms with Crippen molar-refractivity contribution in [3.05, 3.63) is 22.4 Å². The van der Waals surface area contributed by atoms with Crippen LogP contribution in [0.3, 0.4) is 0 Å². The smallest absolute Gasteiger partial charge is 0.114 e. The lowest BCUT2D eigenvalue weighted by Crippen LogP contribution is -2.17. The van der Waals surface area contributed by atoms with E-state index < -0.39 is 12.2 Å². The zero-order valence-electron chi connectivity index (χ0n) is 6.48. The lowest BCUT2D eigenvalue weighted by molar-refractivity contribution is 0.0195. The number of halogens is 1. The summed E-state index contributed by atoms with van der Waals surface area (Å²) < 4.78 is 0. The predicted octanol–water partition coefficient (Wildman–Crippen LogP) is 1.93. The third-order valence-electron chi connectivity index (χ3n) is 1.60. The molecule has 0 aliphatic rings. The maximum Gasteiger partial charge on any atom is 0.114 e. The number of aliphatic hydroxyl groups excluding tert-OH is 2. The third kappa shape index (κ3) is 2.55. The van der Waals surface area contributed by atoms with E-state index in [0.717, 1.165) is 4.88 Å². The fourth-order valence-corrected chi connectivity index (χ4v) is 2.16. The van der Waals surface area contributed by atoms with Crippen LogP contribution in [0.2, 0.25) is 0 Å². The van der Waals surface area contributed by atoms with Crippen molar-refractivity contribution in [3.63, 3.8) is 0 Å². The van der Waals surface area contributed by atoms with Gasteiger partial charge >= 0.3 is 0 Å². The van der Waals surface area contributed by atoms with Gasteiger partial charge in [0.05, 0.1) is 6.10 Å². The first kappa shape index (κ1) is 10.2. The molecule has 0 aliphatic heterocycles. The molecule has 68 valence electrons. The quantitative estimate of drug-likeness (QED) is 0.803. The molecule has 4 heteroatoms. The Morgan fingerprint density at radius 1 is 1.50 bits per heavy atom. The average molecular weight is 251 g/mol. The summed E-state index contributed by atoms with van der Waals surface area (Å²) in [6.07, 6.45) is -0.829. The molecular formula is C8H11BrO2S. The first-order valence-corrected chi connectivity index (χ1v) is 5.71. The summed E-state index contributed by atoms with van der Waals surface area (Å²) in [5.41, 5.74) is 0. The lowest BCUT2D eigenvalue weighted by Gasteiger charge is -2.14. The molecule has 0 spiro atoms. The van der Waals surface area contributed by atoms with Gasteiger partial charge < -0.3 is 10.2 Å². The van der Waals surface area contributed by atoms with E-state index in [1.54, 1.807) is 0 Å². The normalized spacial score (nSPS) is 15.9. The van der Waals surface area contributed by atoms with Crippen LogP contribution in [0.4, 0.5) is 0 Å². The standard InChI is InChI=1S/C8H11BrO2S/c9-4-3-6(10)8(11)7-2-1-5-12-7/h1-2,5-6,8,10-11H,3-4H2. The Morgan fingerprint density at radius 3 is 2.75 bits per heavy atom. The van der Waals surface area contributed by atoms with Crippen molar-refractivity contribution in [2.24, 2.45) is 0 Å². The summed E-state index contributed by atoms with van der Waals surface area (Å²) in [6.45, 7) is 0. The van der Waals surface area contributed by atoms with Crippen LogP contribution < -0.4 is 0 Å². The zero-order chi connectivity index (χ0) is 8.97. The van der Waals surface area contributed by atoms with E-state index >= 15 is 0 Å². The maximum atomic E-state index is 9.55. The number of hydrogen-bond acceptors (Lipinski definition) is 3. The molecule has 2 atom stereocenters. The second-order valence-corrected chi connectivity index (χ2v) is 4.28. The molecule has 1 aromatic heterocycles. The summed E-state index contributed by atoms with van der Waals surface area (Å²) >= 11 is 4.67. The molecule has 2 nitrogen and oxygen atoms in total. The van der Waals surface area contributed by atoms with Gasteiger partial charge in [-0.15, -0.1) is 11.3 Å². The van der Waals surface area contributed by atoms with Crippen LogP contribution in [0.15, 0.2) is 17.5 Å². The highest BCUT2D eigenvalue weighted by Crippen LogP contribution is 2.23. The molecule has 0 saturated carbocycles. The van der Waals surface area contributed by atoms with Gasteiger partial charge in [-0.1, -0.05) is 22.0 Å². The van der Waals surface area contributed by atoms with Crippen LogP contribution >= 0.6 is 27.3 Å². The summed E-state index contributed by atoms with van der Waals surface area (Å²) in [6, 6.07) is 3.69. The summed E-state index contributed by atoms with van der Waals surface area (Å²) in [5, 5.41) is 21.6. The molecule has 0 aromatic carbocycles. The number of alkyl halides is 1. The Labute approximate surface area is 84.0 Å². The first-order valence-electron chi connectivity index (χ1n) is 3.71. The monoisotopic (exact) mass is 250 g/mol. The molecule has 1 rings (SSSR count).